The van der Waals surface area contributed by atoms with Gasteiger partial charge in [0.25, 0.3) is 5.56 Å². The zero-order valence-corrected chi connectivity index (χ0v) is 15.5. The summed E-state index contributed by atoms with van der Waals surface area (Å²) in [4.78, 5) is 29.5. The van der Waals surface area contributed by atoms with Gasteiger partial charge in [-0.1, -0.05) is 6.07 Å². The highest BCUT2D eigenvalue weighted by Crippen LogP contribution is 2.17. The van der Waals surface area contributed by atoms with Crippen LogP contribution in [-0.2, 0) is 11.3 Å². The Morgan fingerprint density at radius 1 is 1.14 bits per heavy atom. The maximum atomic E-state index is 12.8. The van der Waals surface area contributed by atoms with Gasteiger partial charge in [0, 0.05) is 37.1 Å². The van der Waals surface area contributed by atoms with Crippen LogP contribution >= 0.6 is 0 Å². The molecular weight excluding hydrogens is 356 g/mol. The predicted octanol–water partition coefficient (Wildman–Crippen LogP) is 3.08. The zero-order chi connectivity index (χ0) is 19.5. The van der Waals surface area contributed by atoms with E-state index in [1.165, 1.54) is 0 Å². The lowest BCUT2D eigenvalue weighted by Gasteiger charge is -2.12. The monoisotopic (exact) mass is 376 g/mol. The number of ether oxygens (including phenoxy) is 1. The van der Waals surface area contributed by atoms with Crippen LogP contribution in [0, 0.1) is 0 Å². The highest BCUT2D eigenvalue weighted by molar-refractivity contribution is 5.90. The number of carbonyl (C=O) groups excluding carboxylic acids is 1. The number of amides is 1. The average molecular weight is 376 g/mol. The van der Waals surface area contributed by atoms with Crippen LogP contribution in [0.1, 0.15) is 12.8 Å². The van der Waals surface area contributed by atoms with E-state index in [4.69, 9.17) is 4.74 Å². The van der Waals surface area contributed by atoms with E-state index in [0.717, 1.165) is 5.52 Å². The SMILES string of the molecule is COc1cccc(NC(=O)CCCn2c(=O)c3cccn3c3cccnc32)c1. The Morgan fingerprint density at radius 3 is 2.86 bits per heavy atom. The van der Waals surface area contributed by atoms with Crippen molar-refractivity contribution in [2.75, 3.05) is 12.4 Å². The third-order valence-corrected chi connectivity index (χ3v) is 4.63. The molecule has 0 aliphatic rings. The van der Waals surface area contributed by atoms with Crippen molar-refractivity contribution in [3.05, 3.63) is 71.3 Å². The number of methoxy groups -OCH3 is 1. The summed E-state index contributed by atoms with van der Waals surface area (Å²) in [6, 6.07) is 14.6. The van der Waals surface area contributed by atoms with Crippen molar-refractivity contribution in [1.82, 2.24) is 14.0 Å². The second-order valence-corrected chi connectivity index (χ2v) is 6.45. The molecule has 0 saturated carbocycles. The minimum atomic E-state index is -0.109. The molecule has 3 heterocycles. The first-order valence-electron chi connectivity index (χ1n) is 9.06. The molecule has 0 fully saturated rings. The highest BCUT2D eigenvalue weighted by Gasteiger charge is 2.12. The zero-order valence-electron chi connectivity index (χ0n) is 15.5. The van der Waals surface area contributed by atoms with Crippen molar-refractivity contribution >= 4 is 28.3 Å². The fourth-order valence-electron chi connectivity index (χ4n) is 3.31. The Kier molecular flexibility index (Phi) is 4.80. The summed E-state index contributed by atoms with van der Waals surface area (Å²) in [5.41, 5.74) is 2.65. The molecule has 0 aliphatic carbocycles. The Bertz CT molecular complexity index is 1210. The molecule has 1 aromatic carbocycles. The summed E-state index contributed by atoms with van der Waals surface area (Å²) < 4.78 is 8.65. The maximum Gasteiger partial charge on any atom is 0.276 e. The lowest BCUT2D eigenvalue weighted by Crippen LogP contribution is -2.24. The lowest BCUT2D eigenvalue weighted by molar-refractivity contribution is -0.116. The van der Waals surface area contributed by atoms with Crippen LogP contribution in [0.5, 0.6) is 5.75 Å². The molecule has 28 heavy (non-hydrogen) atoms. The number of fused-ring (bicyclic) bond motifs is 3. The topological polar surface area (TPSA) is 77.6 Å². The summed E-state index contributed by atoms with van der Waals surface area (Å²) in [7, 11) is 1.58. The summed E-state index contributed by atoms with van der Waals surface area (Å²) in [6.07, 6.45) is 4.35. The summed E-state index contributed by atoms with van der Waals surface area (Å²) in [6.45, 7) is 0.416. The number of hydrogen-bond donors (Lipinski definition) is 1. The predicted molar refractivity (Wildman–Crippen MR) is 108 cm³/mol. The average Bonchev–Trinajstić information content (AvgIpc) is 3.21. The number of aromatic nitrogens is 3. The van der Waals surface area contributed by atoms with E-state index in [2.05, 4.69) is 10.3 Å². The summed E-state index contributed by atoms with van der Waals surface area (Å²) in [5.74, 6) is 0.574. The molecule has 4 rings (SSSR count). The minimum absolute atomic E-state index is 0.107. The number of carbonyl (C=O) groups is 1. The van der Waals surface area contributed by atoms with Gasteiger partial charge < -0.3 is 14.5 Å². The molecule has 142 valence electrons. The Balaban J connectivity index is 1.50. The number of pyridine rings is 1. The third-order valence-electron chi connectivity index (χ3n) is 4.63. The van der Waals surface area contributed by atoms with Crippen molar-refractivity contribution in [1.29, 1.82) is 0 Å². The molecule has 0 bridgehead atoms. The normalized spacial score (nSPS) is 11.0. The first kappa shape index (κ1) is 17.8. The van der Waals surface area contributed by atoms with Crippen LogP contribution in [0.2, 0.25) is 0 Å². The minimum Gasteiger partial charge on any atom is -0.497 e. The van der Waals surface area contributed by atoms with E-state index in [1.807, 2.05) is 47.0 Å². The van der Waals surface area contributed by atoms with E-state index in [9.17, 15) is 9.59 Å². The fraction of sp³-hybridized carbons (Fsp3) is 0.190. The molecule has 7 heteroatoms. The molecule has 0 spiro atoms. The van der Waals surface area contributed by atoms with Gasteiger partial charge in [-0.05, 0) is 42.8 Å². The van der Waals surface area contributed by atoms with Crippen LogP contribution in [0.3, 0.4) is 0 Å². The van der Waals surface area contributed by atoms with E-state index in [0.29, 0.717) is 42.0 Å². The van der Waals surface area contributed by atoms with Crippen molar-refractivity contribution in [3.8, 4) is 5.75 Å². The van der Waals surface area contributed by atoms with Crippen LogP contribution < -0.4 is 15.6 Å². The van der Waals surface area contributed by atoms with Gasteiger partial charge in [-0.2, -0.15) is 0 Å². The lowest BCUT2D eigenvalue weighted by atomic mass is 10.2. The van der Waals surface area contributed by atoms with Gasteiger partial charge in [-0.25, -0.2) is 4.98 Å². The van der Waals surface area contributed by atoms with Gasteiger partial charge in [0.2, 0.25) is 5.91 Å². The summed E-state index contributed by atoms with van der Waals surface area (Å²) >= 11 is 0. The van der Waals surface area contributed by atoms with Crippen LogP contribution in [0.25, 0.3) is 16.7 Å². The number of benzene rings is 1. The maximum absolute atomic E-state index is 12.8. The fourth-order valence-corrected chi connectivity index (χ4v) is 3.31. The van der Waals surface area contributed by atoms with E-state index in [-0.39, 0.29) is 11.5 Å². The third kappa shape index (κ3) is 3.34. The largest absolute Gasteiger partial charge is 0.497 e. The molecule has 0 unspecified atom stereocenters. The van der Waals surface area contributed by atoms with Gasteiger partial charge in [0.05, 0.1) is 12.6 Å². The Labute approximate surface area is 161 Å². The smallest absolute Gasteiger partial charge is 0.276 e. The quantitative estimate of drug-likeness (QED) is 0.561. The number of hydrogen-bond acceptors (Lipinski definition) is 4. The first-order valence-corrected chi connectivity index (χ1v) is 9.06. The van der Waals surface area contributed by atoms with E-state index < -0.39 is 0 Å². The van der Waals surface area contributed by atoms with Gasteiger partial charge in [-0.3, -0.25) is 14.2 Å². The molecule has 1 amide bonds. The number of nitrogens with one attached hydrogen (secondary N) is 1. The van der Waals surface area contributed by atoms with Gasteiger partial charge in [0.1, 0.15) is 11.3 Å². The number of aryl methyl sites for hydroxylation is 1. The van der Waals surface area contributed by atoms with E-state index in [1.54, 1.807) is 30.0 Å². The van der Waals surface area contributed by atoms with Gasteiger partial charge in [-0.15, -0.1) is 0 Å². The molecule has 3 aromatic heterocycles. The van der Waals surface area contributed by atoms with Crippen molar-refractivity contribution in [2.45, 2.75) is 19.4 Å². The second-order valence-electron chi connectivity index (χ2n) is 6.45. The Hall–Kier alpha value is -3.61. The van der Waals surface area contributed by atoms with Crippen LogP contribution in [0.4, 0.5) is 5.69 Å². The number of anilines is 1. The van der Waals surface area contributed by atoms with Crippen molar-refractivity contribution in [2.24, 2.45) is 0 Å². The molecular formula is C21H20N4O3. The van der Waals surface area contributed by atoms with Crippen LogP contribution in [-0.4, -0.2) is 27.0 Å². The Morgan fingerprint density at radius 2 is 2.00 bits per heavy atom. The van der Waals surface area contributed by atoms with Gasteiger partial charge in [0.15, 0.2) is 5.65 Å². The van der Waals surface area contributed by atoms with Crippen molar-refractivity contribution in [3.63, 3.8) is 0 Å². The molecule has 0 saturated heterocycles. The molecule has 0 radical (unpaired) electrons. The molecule has 1 N–H and O–H groups in total. The standard InChI is InChI=1S/C21H20N4O3/c1-28-16-7-2-6-15(14-16)23-19(26)10-5-13-25-20-17(8-3-11-22-20)24-12-4-9-18(24)21(25)27/h2-4,6-9,11-12,14H,5,10,13H2,1H3,(H,23,26). The van der Waals surface area contributed by atoms with Crippen molar-refractivity contribution < 1.29 is 9.53 Å². The number of nitrogens with zero attached hydrogens (tertiary/aromatic N) is 3. The molecule has 0 atom stereocenters. The highest BCUT2D eigenvalue weighted by atomic mass is 16.5. The number of rotatable bonds is 6. The van der Waals surface area contributed by atoms with Crippen LogP contribution in [0.15, 0.2) is 65.7 Å². The molecule has 7 nitrogen and oxygen atoms in total. The first-order chi connectivity index (χ1) is 13.7. The molecule has 0 aliphatic heterocycles. The van der Waals surface area contributed by atoms with E-state index >= 15 is 0 Å². The molecule has 4 aromatic rings. The summed E-state index contributed by atoms with van der Waals surface area (Å²) in [5, 5.41) is 2.85. The van der Waals surface area contributed by atoms with Gasteiger partial charge >= 0.3 is 0 Å². The second kappa shape index (κ2) is 7.56.